The highest BCUT2D eigenvalue weighted by Crippen LogP contribution is 2.19. The molecule has 0 saturated heterocycles. The van der Waals surface area contributed by atoms with Gasteiger partial charge in [0.2, 0.25) is 0 Å². The number of carbonyl (C=O) groups excluding carboxylic acids is 1. The number of benzene rings is 1. The van der Waals surface area contributed by atoms with Crippen molar-refractivity contribution in [3.05, 3.63) is 31.8 Å². The van der Waals surface area contributed by atoms with Gasteiger partial charge in [-0.1, -0.05) is 28.1 Å². The lowest BCUT2D eigenvalue weighted by Crippen LogP contribution is -2.34. The summed E-state index contributed by atoms with van der Waals surface area (Å²) >= 11 is 10.2. The van der Waals surface area contributed by atoms with Crippen LogP contribution in [0.2, 0.25) is 0 Å². The Labute approximate surface area is 122 Å². The second kappa shape index (κ2) is 5.92. The summed E-state index contributed by atoms with van der Waals surface area (Å²) < 4.78 is 1.78. The molecule has 0 aromatic heterocycles. The molecule has 16 heavy (non-hydrogen) atoms. The zero-order valence-corrected chi connectivity index (χ0v) is 13.1. The molecule has 0 fully saturated rings. The third-order valence-corrected chi connectivity index (χ3v) is 3.46. The Morgan fingerprint density at radius 2 is 2.25 bits per heavy atom. The van der Waals surface area contributed by atoms with Gasteiger partial charge in [-0.25, -0.2) is 0 Å². The minimum Gasteiger partial charge on any atom is -0.392 e. The van der Waals surface area contributed by atoms with E-state index in [0.29, 0.717) is 10.6 Å². The molecule has 0 aliphatic carbocycles. The maximum atomic E-state index is 12.0. The number of halogens is 2. The maximum Gasteiger partial charge on any atom is 0.255 e. The molecule has 1 amide bonds. The van der Waals surface area contributed by atoms with E-state index in [-0.39, 0.29) is 12.5 Å². The predicted molar refractivity (Wildman–Crippen MR) is 80.6 cm³/mol. The highest BCUT2D eigenvalue weighted by Gasteiger charge is 2.15. The molecule has 0 spiro atoms. The van der Waals surface area contributed by atoms with Crippen LogP contribution < -0.4 is 5.73 Å². The molecule has 1 aromatic carbocycles. The van der Waals surface area contributed by atoms with Gasteiger partial charge in [-0.05, 0) is 40.8 Å². The van der Waals surface area contributed by atoms with Gasteiger partial charge in [-0.2, -0.15) is 0 Å². The standard InChI is InChI=1S/C10H10BrIN2OS/c1-14(5-9(13)16)10(15)7-4-6(11)2-3-8(7)12/h2-4H,5H2,1H3,(H2,13,16). The first kappa shape index (κ1) is 13.9. The van der Waals surface area contributed by atoms with Gasteiger partial charge in [0.05, 0.1) is 17.1 Å². The largest absolute Gasteiger partial charge is 0.392 e. The van der Waals surface area contributed by atoms with E-state index in [9.17, 15) is 4.79 Å². The number of hydrogen-bond donors (Lipinski definition) is 1. The Morgan fingerprint density at radius 3 is 2.81 bits per heavy atom. The number of carbonyl (C=O) groups is 1. The van der Waals surface area contributed by atoms with Crippen molar-refractivity contribution in [1.82, 2.24) is 4.90 Å². The SMILES string of the molecule is CN(CC(N)=S)C(=O)c1cc(Br)ccc1I. The predicted octanol–water partition coefficient (Wildman–Crippen LogP) is 2.41. The van der Waals surface area contributed by atoms with Crippen molar-refractivity contribution in [2.24, 2.45) is 5.73 Å². The van der Waals surface area contributed by atoms with E-state index >= 15 is 0 Å². The van der Waals surface area contributed by atoms with Crippen LogP contribution in [-0.4, -0.2) is 29.4 Å². The third-order valence-electron chi connectivity index (χ3n) is 1.90. The lowest BCUT2D eigenvalue weighted by Gasteiger charge is -2.17. The van der Waals surface area contributed by atoms with E-state index < -0.39 is 0 Å². The van der Waals surface area contributed by atoms with Crippen molar-refractivity contribution < 1.29 is 4.79 Å². The molecule has 0 heterocycles. The highest BCUT2D eigenvalue weighted by molar-refractivity contribution is 14.1. The third kappa shape index (κ3) is 3.67. The van der Waals surface area contributed by atoms with Gasteiger partial charge in [0, 0.05) is 15.1 Å². The lowest BCUT2D eigenvalue weighted by atomic mass is 10.2. The van der Waals surface area contributed by atoms with Gasteiger partial charge >= 0.3 is 0 Å². The van der Waals surface area contributed by atoms with Crippen LogP contribution in [0.4, 0.5) is 0 Å². The first-order valence-corrected chi connectivity index (χ1v) is 6.68. The molecule has 1 rings (SSSR count). The van der Waals surface area contributed by atoms with Gasteiger partial charge in [-0.15, -0.1) is 0 Å². The molecule has 0 radical (unpaired) electrons. The van der Waals surface area contributed by atoms with Crippen molar-refractivity contribution in [2.75, 3.05) is 13.6 Å². The smallest absolute Gasteiger partial charge is 0.255 e. The topological polar surface area (TPSA) is 46.3 Å². The van der Waals surface area contributed by atoms with Gasteiger partial charge in [0.1, 0.15) is 0 Å². The van der Waals surface area contributed by atoms with Gasteiger partial charge in [0.25, 0.3) is 5.91 Å². The molecule has 0 saturated carbocycles. The number of nitrogens with zero attached hydrogens (tertiary/aromatic N) is 1. The number of nitrogens with two attached hydrogens (primary N) is 1. The van der Waals surface area contributed by atoms with E-state index in [1.807, 2.05) is 12.1 Å². The molecular weight excluding hydrogens is 403 g/mol. The zero-order valence-electron chi connectivity index (χ0n) is 8.54. The quantitative estimate of drug-likeness (QED) is 0.612. The summed E-state index contributed by atoms with van der Waals surface area (Å²) in [6.45, 7) is 0.288. The minimum atomic E-state index is -0.0847. The van der Waals surface area contributed by atoms with Crippen LogP contribution in [0.5, 0.6) is 0 Å². The van der Waals surface area contributed by atoms with Gasteiger partial charge < -0.3 is 10.6 Å². The van der Waals surface area contributed by atoms with Crippen LogP contribution >= 0.6 is 50.7 Å². The summed E-state index contributed by atoms with van der Waals surface area (Å²) in [5.74, 6) is -0.0847. The molecule has 2 N–H and O–H groups in total. The molecule has 86 valence electrons. The summed E-state index contributed by atoms with van der Waals surface area (Å²) in [6.07, 6.45) is 0. The Balaban J connectivity index is 2.95. The van der Waals surface area contributed by atoms with E-state index in [2.05, 4.69) is 38.5 Å². The summed E-state index contributed by atoms with van der Waals surface area (Å²) in [6, 6.07) is 5.57. The monoisotopic (exact) mass is 412 g/mol. The fourth-order valence-electron chi connectivity index (χ4n) is 1.17. The highest BCUT2D eigenvalue weighted by atomic mass is 127. The van der Waals surface area contributed by atoms with E-state index in [1.54, 1.807) is 13.1 Å². The van der Waals surface area contributed by atoms with Crippen LogP contribution in [0.1, 0.15) is 10.4 Å². The van der Waals surface area contributed by atoms with Crippen molar-refractivity contribution in [2.45, 2.75) is 0 Å². The molecule has 0 aliphatic rings. The Bertz CT molecular complexity index is 439. The lowest BCUT2D eigenvalue weighted by molar-refractivity contribution is 0.0814. The van der Waals surface area contributed by atoms with E-state index in [1.165, 1.54) is 4.90 Å². The number of amides is 1. The van der Waals surface area contributed by atoms with E-state index in [4.69, 9.17) is 18.0 Å². The number of thiocarbonyl (C=S) groups is 1. The second-order valence-corrected chi connectivity index (χ2v) is 5.85. The van der Waals surface area contributed by atoms with Crippen LogP contribution in [0.25, 0.3) is 0 Å². The first-order chi connectivity index (χ1) is 7.41. The normalized spacial score (nSPS) is 9.94. The van der Waals surface area contributed by atoms with Crippen LogP contribution in [0.3, 0.4) is 0 Å². The van der Waals surface area contributed by atoms with Gasteiger partial charge in [-0.3, -0.25) is 4.79 Å². The molecule has 0 atom stereocenters. The summed E-state index contributed by atoms with van der Waals surface area (Å²) in [5.41, 5.74) is 6.05. The minimum absolute atomic E-state index is 0.0847. The van der Waals surface area contributed by atoms with Crippen molar-refractivity contribution in [3.8, 4) is 0 Å². The Hall–Kier alpha value is -0.210. The molecule has 0 aliphatic heterocycles. The zero-order chi connectivity index (χ0) is 12.3. The molecule has 0 unspecified atom stereocenters. The number of likely N-dealkylation sites (N-methyl/N-ethyl adjacent to an activating group) is 1. The summed E-state index contributed by atoms with van der Waals surface area (Å²) in [4.78, 5) is 13.9. The molecule has 0 bridgehead atoms. The molecule has 6 heteroatoms. The first-order valence-electron chi connectivity index (χ1n) is 4.40. The average molecular weight is 413 g/mol. The number of hydrogen-bond acceptors (Lipinski definition) is 2. The fourth-order valence-corrected chi connectivity index (χ4v) is 2.29. The van der Waals surface area contributed by atoms with E-state index in [0.717, 1.165) is 8.04 Å². The second-order valence-electron chi connectivity index (χ2n) is 3.25. The van der Waals surface area contributed by atoms with Gasteiger partial charge in [0.15, 0.2) is 0 Å². The summed E-state index contributed by atoms with van der Waals surface area (Å²) in [7, 11) is 1.68. The van der Waals surface area contributed by atoms with Crippen molar-refractivity contribution in [1.29, 1.82) is 0 Å². The molecule has 3 nitrogen and oxygen atoms in total. The van der Waals surface area contributed by atoms with Crippen LogP contribution in [-0.2, 0) is 0 Å². The van der Waals surface area contributed by atoms with Crippen LogP contribution in [0.15, 0.2) is 22.7 Å². The Kier molecular flexibility index (Phi) is 5.13. The van der Waals surface area contributed by atoms with Crippen molar-refractivity contribution in [3.63, 3.8) is 0 Å². The maximum absolute atomic E-state index is 12.0. The molecular formula is C10H10BrIN2OS. The Morgan fingerprint density at radius 1 is 1.62 bits per heavy atom. The molecule has 1 aromatic rings. The van der Waals surface area contributed by atoms with Crippen LogP contribution in [0, 0.1) is 3.57 Å². The average Bonchev–Trinajstić information content (AvgIpc) is 2.19. The van der Waals surface area contributed by atoms with Crippen molar-refractivity contribution >= 4 is 61.6 Å². The number of rotatable bonds is 3. The summed E-state index contributed by atoms with van der Waals surface area (Å²) in [5, 5.41) is 0. The fraction of sp³-hybridized carbons (Fsp3) is 0.200.